The van der Waals surface area contributed by atoms with Crippen molar-refractivity contribution in [2.45, 2.75) is 45.1 Å². The maximum Gasteiger partial charge on any atom is 0.305 e. The Hall–Kier alpha value is -2.44. The van der Waals surface area contributed by atoms with Crippen LogP contribution in [0.1, 0.15) is 39.0 Å². The number of aliphatic imine (C=N–C) groups is 1. The van der Waals surface area contributed by atoms with E-state index in [1.165, 1.54) is 7.11 Å². The molecule has 1 unspecified atom stereocenters. The average Bonchev–Trinajstić information content (AvgIpc) is 3.18. The van der Waals surface area contributed by atoms with Gasteiger partial charge < -0.3 is 25.0 Å². The lowest BCUT2D eigenvalue weighted by Crippen LogP contribution is -2.44. The maximum absolute atomic E-state index is 11.1. The van der Waals surface area contributed by atoms with Crippen LogP contribution >= 0.6 is 0 Å². The molecule has 1 aliphatic rings. The molecule has 0 aliphatic carbocycles. The van der Waals surface area contributed by atoms with Crippen molar-refractivity contribution in [2.24, 2.45) is 4.99 Å². The van der Waals surface area contributed by atoms with Crippen LogP contribution in [0.25, 0.3) is 0 Å². The summed E-state index contributed by atoms with van der Waals surface area (Å²) in [6.45, 7) is 5.56. The highest BCUT2D eigenvalue weighted by Crippen LogP contribution is 2.30. The lowest BCUT2D eigenvalue weighted by molar-refractivity contribution is -0.140. The number of para-hydroxylation sites is 2. The molecule has 0 aromatic heterocycles. The molecule has 1 heterocycles. The van der Waals surface area contributed by atoms with Gasteiger partial charge in [0.15, 0.2) is 5.96 Å². The first-order valence-corrected chi connectivity index (χ1v) is 10.2. The van der Waals surface area contributed by atoms with E-state index in [0.717, 1.165) is 69.3 Å². The highest BCUT2D eigenvalue weighted by molar-refractivity contribution is 5.80. The number of benzene rings is 1. The van der Waals surface area contributed by atoms with Crippen LogP contribution in [-0.4, -0.2) is 58.4 Å². The second-order valence-electron chi connectivity index (χ2n) is 6.90. The monoisotopic (exact) mass is 390 g/mol. The zero-order chi connectivity index (χ0) is 20.2. The third-order valence-corrected chi connectivity index (χ3v) is 4.84. The summed E-state index contributed by atoms with van der Waals surface area (Å²) in [6, 6.07) is 8.50. The van der Waals surface area contributed by atoms with Gasteiger partial charge in [0, 0.05) is 38.6 Å². The first-order valence-electron chi connectivity index (χ1n) is 10.2. The molecule has 1 fully saturated rings. The van der Waals surface area contributed by atoms with Gasteiger partial charge in [0.05, 0.1) is 19.9 Å². The smallest absolute Gasteiger partial charge is 0.305 e. The average molecular weight is 391 g/mol. The largest absolute Gasteiger partial charge is 0.495 e. The molecule has 0 bridgehead atoms. The SMILES string of the molecule is CCNC(=NCCCCCC(=O)OC)NC1CCN(c2ccccc2OC)C1. The van der Waals surface area contributed by atoms with Crippen LogP contribution in [0.4, 0.5) is 5.69 Å². The van der Waals surface area contributed by atoms with E-state index >= 15 is 0 Å². The van der Waals surface area contributed by atoms with Crippen LogP contribution in [0, 0.1) is 0 Å². The van der Waals surface area contributed by atoms with Gasteiger partial charge in [0.2, 0.25) is 0 Å². The van der Waals surface area contributed by atoms with E-state index in [-0.39, 0.29) is 5.97 Å². The van der Waals surface area contributed by atoms with Gasteiger partial charge in [-0.15, -0.1) is 0 Å². The number of nitrogens with one attached hydrogen (secondary N) is 2. The van der Waals surface area contributed by atoms with Crippen LogP contribution in [0.15, 0.2) is 29.3 Å². The molecule has 0 saturated carbocycles. The van der Waals surface area contributed by atoms with E-state index < -0.39 is 0 Å². The van der Waals surface area contributed by atoms with Gasteiger partial charge >= 0.3 is 5.97 Å². The Bertz CT molecular complexity index is 636. The predicted molar refractivity (Wildman–Crippen MR) is 113 cm³/mol. The fraction of sp³-hybridized carbons (Fsp3) is 0.619. The lowest BCUT2D eigenvalue weighted by atomic mass is 10.2. The molecule has 1 saturated heterocycles. The molecule has 2 rings (SSSR count). The van der Waals surface area contributed by atoms with E-state index in [0.29, 0.717) is 12.5 Å². The normalized spacial score (nSPS) is 16.8. The third kappa shape index (κ3) is 6.94. The Morgan fingerprint density at radius 1 is 1.25 bits per heavy atom. The number of guanidine groups is 1. The van der Waals surface area contributed by atoms with Crippen LogP contribution in [-0.2, 0) is 9.53 Å². The molecule has 0 spiro atoms. The fourth-order valence-corrected chi connectivity index (χ4v) is 3.35. The number of carbonyl (C=O) groups excluding carboxylic acids is 1. The third-order valence-electron chi connectivity index (χ3n) is 4.84. The summed E-state index contributed by atoms with van der Waals surface area (Å²) in [7, 11) is 3.14. The second-order valence-corrected chi connectivity index (χ2v) is 6.90. The number of unbranched alkanes of at least 4 members (excludes halogenated alkanes) is 2. The molecule has 1 atom stereocenters. The van der Waals surface area contributed by atoms with Gasteiger partial charge in [-0.2, -0.15) is 0 Å². The fourth-order valence-electron chi connectivity index (χ4n) is 3.35. The molecule has 7 heteroatoms. The van der Waals surface area contributed by atoms with Crippen molar-refractivity contribution in [2.75, 3.05) is 45.3 Å². The summed E-state index contributed by atoms with van der Waals surface area (Å²) in [4.78, 5) is 18.2. The van der Waals surface area contributed by atoms with E-state index in [1.54, 1.807) is 7.11 Å². The number of ether oxygens (including phenoxy) is 2. The molecule has 1 aromatic rings. The van der Waals surface area contributed by atoms with Crippen molar-refractivity contribution in [1.82, 2.24) is 10.6 Å². The number of anilines is 1. The summed E-state index contributed by atoms with van der Waals surface area (Å²) in [5.74, 6) is 1.64. The number of hydrogen-bond acceptors (Lipinski definition) is 5. The van der Waals surface area contributed by atoms with Crippen LogP contribution < -0.4 is 20.3 Å². The number of methoxy groups -OCH3 is 2. The zero-order valence-corrected chi connectivity index (χ0v) is 17.4. The first-order chi connectivity index (χ1) is 13.7. The van der Waals surface area contributed by atoms with Gasteiger partial charge in [0.1, 0.15) is 5.75 Å². The van der Waals surface area contributed by atoms with Crippen LogP contribution in [0.3, 0.4) is 0 Å². The molecular weight excluding hydrogens is 356 g/mol. The zero-order valence-electron chi connectivity index (χ0n) is 17.4. The van der Waals surface area contributed by atoms with E-state index in [1.807, 2.05) is 18.2 Å². The minimum absolute atomic E-state index is 0.139. The van der Waals surface area contributed by atoms with E-state index in [9.17, 15) is 4.79 Å². The first kappa shape index (κ1) is 21.9. The summed E-state index contributed by atoms with van der Waals surface area (Å²) in [6.07, 6.45) is 4.33. The Morgan fingerprint density at radius 2 is 2.07 bits per heavy atom. The summed E-state index contributed by atoms with van der Waals surface area (Å²) < 4.78 is 10.2. The highest BCUT2D eigenvalue weighted by atomic mass is 16.5. The minimum Gasteiger partial charge on any atom is -0.495 e. The number of carbonyl (C=O) groups is 1. The Kier molecular flexibility index (Phi) is 9.45. The van der Waals surface area contributed by atoms with Crippen LogP contribution in [0.2, 0.25) is 0 Å². The number of nitrogens with zero attached hydrogens (tertiary/aromatic N) is 2. The highest BCUT2D eigenvalue weighted by Gasteiger charge is 2.25. The molecule has 0 amide bonds. The molecule has 7 nitrogen and oxygen atoms in total. The molecule has 0 radical (unpaired) electrons. The molecule has 156 valence electrons. The van der Waals surface area contributed by atoms with E-state index in [2.05, 4.69) is 38.3 Å². The topological polar surface area (TPSA) is 75.2 Å². The Morgan fingerprint density at radius 3 is 2.82 bits per heavy atom. The minimum atomic E-state index is -0.139. The van der Waals surface area contributed by atoms with Gasteiger partial charge in [-0.05, 0) is 38.3 Å². The van der Waals surface area contributed by atoms with E-state index in [4.69, 9.17) is 4.74 Å². The molecule has 1 aromatic carbocycles. The number of hydrogen-bond donors (Lipinski definition) is 2. The van der Waals surface area contributed by atoms with Crippen molar-refractivity contribution in [1.29, 1.82) is 0 Å². The van der Waals surface area contributed by atoms with Gasteiger partial charge in [-0.1, -0.05) is 18.6 Å². The Labute approximate surface area is 168 Å². The molecule has 2 N–H and O–H groups in total. The molecule has 28 heavy (non-hydrogen) atoms. The maximum atomic E-state index is 11.1. The van der Waals surface area contributed by atoms with Gasteiger partial charge in [0.25, 0.3) is 0 Å². The number of esters is 1. The van der Waals surface area contributed by atoms with Gasteiger partial charge in [-0.3, -0.25) is 9.79 Å². The van der Waals surface area contributed by atoms with Crippen LogP contribution in [0.5, 0.6) is 5.75 Å². The summed E-state index contributed by atoms with van der Waals surface area (Å²) in [5, 5.41) is 6.88. The lowest BCUT2D eigenvalue weighted by Gasteiger charge is -2.22. The van der Waals surface area contributed by atoms with Crippen molar-refractivity contribution in [3.63, 3.8) is 0 Å². The quantitative estimate of drug-likeness (QED) is 0.277. The van der Waals surface area contributed by atoms with Crippen molar-refractivity contribution < 1.29 is 14.3 Å². The molecule has 1 aliphatic heterocycles. The van der Waals surface area contributed by atoms with Gasteiger partial charge in [-0.25, -0.2) is 0 Å². The second kappa shape index (κ2) is 12.1. The standard InChI is InChI=1S/C21H34N4O3/c1-4-22-21(23-14-9-5-6-12-20(26)28-3)24-17-13-15-25(16-17)18-10-7-8-11-19(18)27-2/h7-8,10-11,17H,4-6,9,12-16H2,1-3H3,(H2,22,23,24). The summed E-state index contributed by atoms with van der Waals surface area (Å²) >= 11 is 0. The Balaban J connectivity index is 1.79. The summed E-state index contributed by atoms with van der Waals surface area (Å²) in [5.41, 5.74) is 1.14. The number of rotatable bonds is 10. The van der Waals surface area contributed by atoms with Crippen molar-refractivity contribution in [3.05, 3.63) is 24.3 Å². The van der Waals surface area contributed by atoms with Crippen molar-refractivity contribution >= 4 is 17.6 Å². The predicted octanol–water partition coefficient (Wildman–Crippen LogP) is 2.56. The molecular formula is C21H34N4O3. The van der Waals surface area contributed by atoms with Crippen molar-refractivity contribution in [3.8, 4) is 5.75 Å².